The summed E-state index contributed by atoms with van der Waals surface area (Å²) in [6.45, 7) is 4.92. The first-order valence-electron chi connectivity index (χ1n) is 9.90. The summed E-state index contributed by atoms with van der Waals surface area (Å²) >= 11 is 0. The van der Waals surface area contributed by atoms with Crippen LogP contribution in [0.5, 0.6) is 0 Å². The van der Waals surface area contributed by atoms with E-state index in [1.54, 1.807) is 0 Å². The lowest BCUT2D eigenvalue weighted by atomic mass is 9.84. The van der Waals surface area contributed by atoms with Crippen LogP contribution in [0.2, 0.25) is 0 Å². The SMILES string of the molecule is CC(C)c1ccc(N2CC[C@H](CC(=O)O)C[C@@H]2c2ccc(C(F)(F)F)cc2)cc1. The Bertz CT molecular complexity index is 829. The summed E-state index contributed by atoms with van der Waals surface area (Å²) in [5.74, 6) is -0.419. The van der Waals surface area contributed by atoms with Gasteiger partial charge in [-0.1, -0.05) is 38.1 Å². The fourth-order valence-electron chi connectivity index (χ4n) is 4.04. The molecular weight excluding hydrogens is 379 g/mol. The van der Waals surface area contributed by atoms with E-state index in [9.17, 15) is 23.1 Å². The average Bonchev–Trinajstić information content (AvgIpc) is 2.67. The van der Waals surface area contributed by atoms with E-state index >= 15 is 0 Å². The van der Waals surface area contributed by atoms with Crippen LogP contribution in [0.15, 0.2) is 48.5 Å². The number of alkyl halides is 3. The lowest BCUT2D eigenvalue weighted by molar-refractivity contribution is -0.139. The molecule has 0 unspecified atom stereocenters. The van der Waals surface area contributed by atoms with Crippen molar-refractivity contribution < 1.29 is 23.1 Å². The average molecular weight is 405 g/mol. The van der Waals surface area contributed by atoms with Gasteiger partial charge in [0.1, 0.15) is 0 Å². The predicted octanol–water partition coefficient (Wildman–Crippen LogP) is 6.26. The van der Waals surface area contributed by atoms with Crippen LogP contribution >= 0.6 is 0 Å². The zero-order valence-electron chi connectivity index (χ0n) is 16.6. The van der Waals surface area contributed by atoms with E-state index in [0.717, 1.165) is 29.8 Å². The molecule has 0 saturated carbocycles. The van der Waals surface area contributed by atoms with Crippen molar-refractivity contribution in [3.63, 3.8) is 0 Å². The van der Waals surface area contributed by atoms with Gasteiger partial charge in [-0.2, -0.15) is 13.2 Å². The maximum absolute atomic E-state index is 12.9. The number of rotatable bonds is 5. The van der Waals surface area contributed by atoms with Crippen LogP contribution in [0.1, 0.15) is 61.8 Å². The van der Waals surface area contributed by atoms with E-state index in [0.29, 0.717) is 18.9 Å². The normalized spacial score (nSPS) is 20.1. The highest BCUT2D eigenvalue weighted by molar-refractivity contribution is 5.67. The van der Waals surface area contributed by atoms with Crippen LogP contribution in [0.3, 0.4) is 0 Å². The molecule has 0 spiro atoms. The molecule has 1 heterocycles. The fourth-order valence-corrected chi connectivity index (χ4v) is 4.04. The van der Waals surface area contributed by atoms with Crippen LogP contribution in [-0.2, 0) is 11.0 Å². The third-order valence-electron chi connectivity index (χ3n) is 5.69. The highest BCUT2D eigenvalue weighted by Crippen LogP contribution is 2.40. The zero-order chi connectivity index (χ0) is 21.2. The van der Waals surface area contributed by atoms with Crippen molar-refractivity contribution in [3.8, 4) is 0 Å². The lowest BCUT2D eigenvalue weighted by Gasteiger charge is -2.41. The van der Waals surface area contributed by atoms with Gasteiger partial charge in [0.15, 0.2) is 0 Å². The molecule has 0 aliphatic carbocycles. The van der Waals surface area contributed by atoms with Crippen molar-refractivity contribution in [2.45, 2.75) is 51.2 Å². The van der Waals surface area contributed by atoms with Crippen LogP contribution < -0.4 is 4.90 Å². The molecule has 1 aliphatic rings. The van der Waals surface area contributed by atoms with Crippen molar-refractivity contribution in [3.05, 3.63) is 65.2 Å². The molecule has 0 radical (unpaired) electrons. The minimum absolute atomic E-state index is 0.00554. The standard InChI is InChI=1S/C23H26F3NO2/c1-15(2)17-5-9-20(10-6-17)27-12-11-16(14-22(28)29)13-21(27)18-3-7-19(8-4-18)23(24,25)26/h3-10,15-16,21H,11-14H2,1-2H3,(H,28,29)/t16-,21+/m0/s1. The number of carboxylic acid groups (broad SMARTS) is 1. The van der Waals surface area contributed by atoms with Crippen molar-refractivity contribution in [1.29, 1.82) is 0 Å². The second kappa shape index (κ2) is 8.47. The molecule has 1 saturated heterocycles. The van der Waals surface area contributed by atoms with Gasteiger partial charge in [0, 0.05) is 18.7 Å². The molecule has 156 valence electrons. The number of benzene rings is 2. The van der Waals surface area contributed by atoms with Crippen molar-refractivity contribution in [1.82, 2.24) is 0 Å². The third-order valence-corrected chi connectivity index (χ3v) is 5.69. The summed E-state index contributed by atoms with van der Waals surface area (Å²) in [5, 5.41) is 9.18. The number of carboxylic acids is 1. The molecular formula is C23H26F3NO2. The molecule has 3 rings (SSSR count). The highest BCUT2D eigenvalue weighted by atomic mass is 19.4. The molecule has 0 amide bonds. The summed E-state index contributed by atoms with van der Waals surface area (Å²) in [6.07, 6.45) is -2.94. The van der Waals surface area contributed by atoms with Crippen molar-refractivity contribution >= 4 is 11.7 Å². The second-order valence-corrected chi connectivity index (χ2v) is 8.06. The molecule has 0 bridgehead atoms. The second-order valence-electron chi connectivity index (χ2n) is 8.06. The van der Waals surface area contributed by atoms with E-state index in [-0.39, 0.29) is 18.4 Å². The predicted molar refractivity (Wildman–Crippen MR) is 107 cm³/mol. The minimum atomic E-state index is -4.37. The molecule has 29 heavy (non-hydrogen) atoms. The minimum Gasteiger partial charge on any atom is -0.481 e. The number of carbonyl (C=O) groups is 1. The number of halogens is 3. The maximum Gasteiger partial charge on any atom is 0.416 e. The van der Waals surface area contributed by atoms with Crippen molar-refractivity contribution in [2.75, 3.05) is 11.4 Å². The molecule has 3 nitrogen and oxygen atoms in total. The van der Waals surface area contributed by atoms with E-state index in [4.69, 9.17) is 0 Å². The Labute approximate surface area is 169 Å². The van der Waals surface area contributed by atoms with Gasteiger partial charge in [0.2, 0.25) is 0 Å². The third kappa shape index (κ3) is 5.11. The Hall–Kier alpha value is -2.50. The number of anilines is 1. The lowest BCUT2D eigenvalue weighted by Crippen LogP contribution is -2.37. The first-order chi connectivity index (χ1) is 13.6. The Morgan fingerprint density at radius 2 is 1.72 bits per heavy atom. The van der Waals surface area contributed by atoms with E-state index in [1.165, 1.54) is 17.7 Å². The van der Waals surface area contributed by atoms with E-state index in [2.05, 4.69) is 30.9 Å². The van der Waals surface area contributed by atoms with Gasteiger partial charge in [0.05, 0.1) is 11.6 Å². The van der Waals surface area contributed by atoms with Gasteiger partial charge in [-0.15, -0.1) is 0 Å². The number of aliphatic carboxylic acids is 1. The quantitative estimate of drug-likeness (QED) is 0.638. The summed E-state index contributed by atoms with van der Waals surface area (Å²) < 4.78 is 38.8. The smallest absolute Gasteiger partial charge is 0.416 e. The molecule has 2 aromatic carbocycles. The van der Waals surface area contributed by atoms with Crippen LogP contribution in [0.4, 0.5) is 18.9 Å². The summed E-state index contributed by atoms with van der Waals surface area (Å²) in [4.78, 5) is 13.4. The molecule has 1 N–H and O–H groups in total. The number of hydrogen-bond acceptors (Lipinski definition) is 2. The Morgan fingerprint density at radius 1 is 1.10 bits per heavy atom. The first kappa shape index (κ1) is 21.2. The highest BCUT2D eigenvalue weighted by Gasteiger charge is 2.33. The van der Waals surface area contributed by atoms with Crippen LogP contribution in [0.25, 0.3) is 0 Å². The van der Waals surface area contributed by atoms with Crippen LogP contribution in [0, 0.1) is 5.92 Å². The monoisotopic (exact) mass is 405 g/mol. The summed E-state index contributed by atoms with van der Waals surface area (Å²) in [5.41, 5.74) is 2.33. The molecule has 1 aliphatic heterocycles. The Balaban J connectivity index is 1.90. The summed E-state index contributed by atoms with van der Waals surface area (Å²) in [7, 11) is 0. The van der Waals surface area contributed by atoms with Gasteiger partial charge in [-0.3, -0.25) is 4.79 Å². The Kier molecular flexibility index (Phi) is 6.20. The molecule has 2 atom stereocenters. The summed E-state index contributed by atoms with van der Waals surface area (Å²) in [6, 6.07) is 13.3. The van der Waals surface area contributed by atoms with Gasteiger partial charge < -0.3 is 10.0 Å². The number of piperidine rings is 1. The molecule has 1 fully saturated rings. The van der Waals surface area contributed by atoms with Gasteiger partial charge in [-0.25, -0.2) is 0 Å². The van der Waals surface area contributed by atoms with Gasteiger partial charge in [-0.05, 0) is 60.1 Å². The number of hydrogen-bond donors (Lipinski definition) is 1. The molecule has 6 heteroatoms. The van der Waals surface area contributed by atoms with E-state index < -0.39 is 17.7 Å². The zero-order valence-corrected chi connectivity index (χ0v) is 16.6. The first-order valence-corrected chi connectivity index (χ1v) is 9.90. The van der Waals surface area contributed by atoms with Crippen molar-refractivity contribution in [2.24, 2.45) is 5.92 Å². The van der Waals surface area contributed by atoms with Gasteiger partial charge in [0.25, 0.3) is 0 Å². The van der Waals surface area contributed by atoms with Crippen LogP contribution in [-0.4, -0.2) is 17.6 Å². The Morgan fingerprint density at radius 3 is 2.24 bits per heavy atom. The fraction of sp³-hybridized carbons (Fsp3) is 0.435. The van der Waals surface area contributed by atoms with E-state index in [1.807, 2.05) is 12.1 Å². The number of nitrogens with zero attached hydrogens (tertiary/aromatic N) is 1. The largest absolute Gasteiger partial charge is 0.481 e. The molecule has 0 aromatic heterocycles. The topological polar surface area (TPSA) is 40.5 Å². The molecule has 2 aromatic rings. The maximum atomic E-state index is 12.9. The van der Waals surface area contributed by atoms with Gasteiger partial charge >= 0.3 is 12.1 Å².